The number of piperidine rings is 1. The van der Waals surface area contributed by atoms with Crippen LogP contribution in [-0.4, -0.2) is 38.8 Å². The van der Waals surface area contributed by atoms with Crippen LogP contribution in [0.15, 0.2) is 73.2 Å². The number of likely N-dealkylation sites (tertiary alicyclic amines) is 1. The molecule has 2 aromatic carbocycles. The molecule has 0 aliphatic carbocycles. The molecule has 176 valence electrons. The SMILES string of the molecule is O=C(c1c(F)ccc(F)c1F)N1CCCC(c2nc(-c3ccncc3)ncc2-c2ccccc2)C1. The van der Waals surface area contributed by atoms with Crippen LogP contribution in [0.25, 0.3) is 22.5 Å². The lowest BCUT2D eigenvalue weighted by Crippen LogP contribution is -2.40. The highest BCUT2D eigenvalue weighted by Gasteiger charge is 2.32. The monoisotopic (exact) mass is 474 g/mol. The second kappa shape index (κ2) is 9.66. The highest BCUT2D eigenvalue weighted by molar-refractivity contribution is 5.95. The molecule has 0 bridgehead atoms. The fourth-order valence-electron chi connectivity index (χ4n) is 4.45. The van der Waals surface area contributed by atoms with Gasteiger partial charge in [0.1, 0.15) is 11.4 Å². The summed E-state index contributed by atoms with van der Waals surface area (Å²) in [6.45, 7) is 0.508. The van der Waals surface area contributed by atoms with Crippen molar-refractivity contribution in [1.82, 2.24) is 19.9 Å². The van der Waals surface area contributed by atoms with Gasteiger partial charge < -0.3 is 4.90 Å². The third kappa shape index (κ3) is 4.51. The molecule has 1 atom stereocenters. The van der Waals surface area contributed by atoms with Crippen LogP contribution < -0.4 is 0 Å². The molecule has 0 radical (unpaired) electrons. The number of nitrogens with zero attached hydrogens (tertiary/aromatic N) is 4. The number of aromatic nitrogens is 3. The van der Waals surface area contributed by atoms with Crippen molar-refractivity contribution in [1.29, 1.82) is 0 Å². The first-order chi connectivity index (χ1) is 17.0. The average Bonchev–Trinajstić information content (AvgIpc) is 2.91. The van der Waals surface area contributed by atoms with Crippen LogP contribution in [-0.2, 0) is 0 Å². The fourth-order valence-corrected chi connectivity index (χ4v) is 4.45. The smallest absolute Gasteiger partial charge is 0.259 e. The summed E-state index contributed by atoms with van der Waals surface area (Å²) in [5, 5.41) is 0. The fraction of sp³-hybridized carbons (Fsp3) is 0.185. The molecule has 5 nitrogen and oxygen atoms in total. The molecule has 1 amide bonds. The zero-order chi connectivity index (χ0) is 24.4. The lowest BCUT2D eigenvalue weighted by atomic mass is 9.89. The predicted octanol–water partition coefficient (Wildman–Crippen LogP) is 5.64. The number of rotatable bonds is 4. The number of halogens is 3. The molecule has 5 rings (SSSR count). The average molecular weight is 474 g/mol. The molecule has 0 saturated carbocycles. The normalized spacial score (nSPS) is 15.7. The molecule has 8 heteroatoms. The van der Waals surface area contributed by atoms with Crippen molar-refractivity contribution in [3.05, 3.63) is 102 Å². The number of hydrogen-bond donors (Lipinski definition) is 0. The van der Waals surface area contributed by atoms with E-state index in [0.29, 0.717) is 24.9 Å². The Balaban J connectivity index is 1.53. The van der Waals surface area contributed by atoms with E-state index < -0.39 is 28.9 Å². The summed E-state index contributed by atoms with van der Waals surface area (Å²) in [6, 6.07) is 14.7. The summed E-state index contributed by atoms with van der Waals surface area (Å²) < 4.78 is 42.4. The molecule has 1 fully saturated rings. The van der Waals surface area contributed by atoms with E-state index >= 15 is 0 Å². The van der Waals surface area contributed by atoms with E-state index in [1.165, 1.54) is 4.90 Å². The molecular weight excluding hydrogens is 453 g/mol. The number of hydrogen-bond acceptors (Lipinski definition) is 4. The summed E-state index contributed by atoms with van der Waals surface area (Å²) in [5.74, 6) is -4.35. The van der Waals surface area contributed by atoms with Crippen molar-refractivity contribution in [2.24, 2.45) is 0 Å². The minimum atomic E-state index is -1.47. The van der Waals surface area contributed by atoms with E-state index in [1.54, 1.807) is 18.6 Å². The maximum Gasteiger partial charge on any atom is 0.259 e. The summed E-state index contributed by atoms with van der Waals surface area (Å²) in [7, 11) is 0. The van der Waals surface area contributed by atoms with Crippen LogP contribution in [0.5, 0.6) is 0 Å². The predicted molar refractivity (Wildman–Crippen MR) is 125 cm³/mol. The van der Waals surface area contributed by atoms with Crippen LogP contribution in [0.3, 0.4) is 0 Å². The Bertz CT molecular complexity index is 1370. The zero-order valence-corrected chi connectivity index (χ0v) is 18.7. The first-order valence-corrected chi connectivity index (χ1v) is 11.3. The standard InChI is InChI=1S/C27H21F3N4O/c28-21-8-9-22(29)24(30)23(21)27(35)34-14-4-7-19(16-34)25-20(17-5-2-1-3-6-17)15-32-26(33-25)18-10-12-31-13-11-18/h1-3,5-6,8-13,15,19H,4,7,14,16H2. The van der Waals surface area contributed by atoms with Crippen LogP contribution in [0.1, 0.15) is 34.8 Å². The first kappa shape index (κ1) is 22.7. The lowest BCUT2D eigenvalue weighted by molar-refractivity contribution is 0.0695. The summed E-state index contributed by atoms with van der Waals surface area (Å²) >= 11 is 0. The van der Waals surface area contributed by atoms with Crippen molar-refractivity contribution in [2.75, 3.05) is 13.1 Å². The molecule has 0 spiro atoms. The molecule has 0 N–H and O–H groups in total. The van der Waals surface area contributed by atoms with Crippen LogP contribution in [0.2, 0.25) is 0 Å². The van der Waals surface area contributed by atoms with Gasteiger partial charge in [-0.1, -0.05) is 30.3 Å². The van der Waals surface area contributed by atoms with Crippen molar-refractivity contribution in [3.63, 3.8) is 0 Å². The minimum absolute atomic E-state index is 0.195. The Morgan fingerprint density at radius 2 is 1.66 bits per heavy atom. The summed E-state index contributed by atoms with van der Waals surface area (Å²) in [4.78, 5) is 27.9. The van der Waals surface area contributed by atoms with Crippen molar-refractivity contribution in [3.8, 4) is 22.5 Å². The topological polar surface area (TPSA) is 59.0 Å². The van der Waals surface area contributed by atoms with Gasteiger partial charge in [0.2, 0.25) is 0 Å². The molecule has 1 aliphatic heterocycles. The molecule has 1 saturated heterocycles. The summed E-state index contributed by atoms with van der Waals surface area (Å²) in [5.41, 5.74) is 2.43. The zero-order valence-electron chi connectivity index (χ0n) is 18.7. The first-order valence-electron chi connectivity index (χ1n) is 11.3. The number of amides is 1. The van der Waals surface area contributed by atoms with E-state index in [1.807, 2.05) is 42.5 Å². The maximum absolute atomic E-state index is 14.3. The molecule has 35 heavy (non-hydrogen) atoms. The molecule has 4 aromatic rings. The van der Waals surface area contributed by atoms with Crippen LogP contribution in [0, 0.1) is 17.5 Å². The van der Waals surface area contributed by atoms with Gasteiger partial charge in [-0.05, 0) is 42.7 Å². The van der Waals surface area contributed by atoms with E-state index in [4.69, 9.17) is 4.98 Å². The number of carbonyl (C=O) groups is 1. The molecular formula is C27H21F3N4O. The number of benzene rings is 2. The lowest BCUT2D eigenvalue weighted by Gasteiger charge is -2.33. The van der Waals surface area contributed by atoms with Crippen molar-refractivity contribution < 1.29 is 18.0 Å². The highest BCUT2D eigenvalue weighted by Crippen LogP contribution is 2.35. The van der Waals surface area contributed by atoms with E-state index in [0.717, 1.165) is 34.9 Å². The van der Waals surface area contributed by atoms with Crippen molar-refractivity contribution in [2.45, 2.75) is 18.8 Å². The van der Waals surface area contributed by atoms with E-state index in [-0.39, 0.29) is 12.5 Å². The third-order valence-corrected chi connectivity index (χ3v) is 6.19. The second-order valence-electron chi connectivity index (χ2n) is 8.40. The quantitative estimate of drug-likeness (QED) is 0.359. The molecule has 3 heterocycles. The van der Waals surface area contributed by atoms with Gasteiger partial charge in [0.05, 0.1) is 5.69 Å². The molecule has 1 aliphatic rings. The van der Waals surface area contributed by atoms with Gasteiger partial charge in [0.25, 0.3) is 5.91 Å². The molecule has 2 aromatic heterocycles. The van der Waals surface area contributed by atoms with E-state index in [9.17, 15) is 18.0 Å². The van der Waals surface area contributed by atoms with Gasteiger partial charge in [-0.2, -0.15) is 0 Å². The van der Waals surface area contributed by atoms with Gasteiger partial charge in [0.15, 0.2) is 17.5 Å². The largest absolute Gasteiger partial charge is 0.338 e. The Morgan fingerprint density at radius 1 is 0.914 bits per heavy atom. The Labute approximate surface area is 200 Å². The van der Waals surface area contributed by atoms with Gasteiger partial charge in [0, 0.05) is 48.7 Å². The van der Waals surface area contributed by atoms with Gasteiger partial charge in [-0.25, -0.2) is 23.1 Å². The Morgan fingerprint density at radius 3 is 2.43 bits per heavy atom. The Kier molecular flexibility index (Phi) is 6.27. The van der Waals surface area contributed by atoms with Crippen LogP contribution in [0.4, 0.5) is 13.2 Å². The van der Waals surface area contributed by atoms with Crippen LogP contribution >= 0.6 is 0 Å². The van der Waals surface area contributed by atoms with E-state index in [2.05, 4.69) is 9.97 Å². The number of pyridine rings is 1. The second-order valence-corrected chi connectivity index (χ2v) is 8.40. The van der Waals surface area contributed by atoms with Gasteiger partial charge in [-0.15, -0.1) is 0 Å². The summed E-state index contributed by atoms with van der Waals surface area (Å²) in [6.07, 6.45) is 6.42. The number of carbonyl (C=O) groups excluding carboxylic acids is 1. The van der Waals surface area contributed by atoms with Crippen molar-refractivity contribution >= 4 is 5.91 Å². The Hall–Kier alpha value is -4.07. The highest BCUT2D eigenvalue weighted by atomic mass is 19.2. The molecule has 1 unspecified atom stereocenters. The van der Waals surface area contributed by atoms with Gasteiger partial charge >= 0.3 is 0 Å². The minimum Gasteiger partial charge on any atom is -0.338 e. The maximum atomic E-state index is 14.3. The third-order valence-electron chi connectivity index (χ3n) is 6.19. The van der Waals surface area contributed by atoms with Gasteiger partial charge in [-0.3, -0.25) is 9.78 Å².